The molecule has 2 aromatic rings. The van der Waals surface area contributed by atoms with Crippen molar-refractivity contribution in [2.45, 2.75) is 19.4 Å². The Bertz CT molecular complexity index is 632. The van der Waals surface area contributed by atoms with Gasteiger partial charge in [0.15, 0.2) is 0 Å². The molecule has 0 aliphatic carbocycles. The first kappa shape index (κ1) is 14.8. The number of ether oxygens (including phenoxy) is 1. The molecular formula is C17H22N4O. The van der Waals surface area contributed by atoms with E-state index in [1.54, 1.807) is 7.11 Å². The SMILES string of the molecule is COCCNc1nccc(N2CCc3ccccc3C2C)n1. The number of fused-ring (bicyclic) bond motifs is 1. The number of anilines is 2. The Morgan fingerprint density at radius 2 is 2.18 bits per heavy atom. The Kier molecular flexibility index (Phi) is 4.53. The van der Waals surface area contributed by atoms with E-state index < -0.39 is 0 Å². The molecule has 1 aliphatic rings. The van der Waals surface area contributed by atoms with E-state index in [0.29, 0.717) is 25.1 Å². The highest BCUT2D eigenvalue weighted by molar-refractivity contribution is 5.48. The van der Waals surface area contributed by atoms with Crippen LogP contribution >= 0.6 is 0 Å². The molecule has 5 heteroatoms. The highest BCUT2D eigenvalue weighted by atomic mass is 16.5. The molecular weight excluding hydrogens is 276 g/mol. The molecule has 0 amide bonds. The summed E-state index contributed by atoms with van der Waals surface area (Å²) in [6.45, 7) is 4.56. The van der Waals surface area contributed by atoms with Gasteiger partial charge in [-0.25, -0.2) is 4.98 Å². The molecule has 1 unspecified atom stereocenters. The van der Waals surface area contributed by atoms with Crippen molar-refractivity contribution in [3.05, 3.63) is 47.7 Å². The van der Waals surface area contributed by atoms with E-state index in [4.69, 9.17) is 4.74 Å². The first-order valence-corrected chi connectivity index (χ1v) is 7.70. The summed E-state index contributed by atoms with van der Waals surface area (Å²) in [6, 6.07) is 11.0. The normalized spacial score (nSPS) is 17.2. The molecule has 0 fully saturated rings. The Balaban J connectivity index is 1.78. The van der Waals surface area contributed by atoms with Crippen LogP contribution in [0.5, 0.6) is 0 Å². The van der Waals surface area contributed by atoms with Crippen molar-refractivity contribution in [1.29, 1.82) is 0 Å². The predicted octanol–water partition coefficient (Wildman–Crippen LogP) is 2.66. The third kappa shape index (κ3) is 3.04. The van der Waals surface area contributed by atoms with Crippen molar-refractivity contribution >= 4 is 11.8 Å². The summed E-state index contributed by atoms with van der Waals surface area (Å²) in [5.41, 5.74) is 2.83. The van der Waals surface area contributed by atoms with Crippen LogP contribution in [-0.4, -0.2) is 36.8 Å². The van der Waals surface area contributed by atoms with Crippen LogP contribution in [0.25, 0.3) is 0 Å². The van der Waals surface area contributed by atoms with Gasteiger partial charge in [0.05, 0.1) is 12.6 Å². The fourth-order valence-corrected chi connectivity index (χ4v) is 2.94. The molecule has 1 aliphatic heterocycles. The quantitative estimate of drug-likeness (QED) is 0.860. The zero-order chi connectivity index (χ0) is 15.4. The average molecular weight is 298 g/mol. The number of methoxy groups -OCH3 is 1. The summed E-state index contributed by atoms with van der Waals surface area (Å²) in [6.07, 6.45) is 2.86. The topological polar surface area (TPSA) is 50.3 Å². The van der Waals surface area contributed by atoms with Crippen molar-refractivity contribution < 1.29 is 4.74 Å². The summed E-state index contributed by atoms with van der Waals surface area (Å²) >= 11 is 0. The van der Waals surface area contributed by atoms with Crippen LogP contribution in [0, 0.1) is 0 Å². The van der Waals surface area contributed by atoms with Crippen molar-refractivity contribution in [3.63, 3.8) is 0 Å². The molecule has 2 heterocycles. The Hall–Kier alpha value is -2.14. The van der Waals surface area contributed by atoms with Crippen LogP contribution < -0.4 is 10.2 Å². The van der Waals surface area contributed by atoms with Crippen molar-refractivity contribution in [1.82, 2.24) is 9.97 Å². The maximum Gasteiger partial charge on any atom is 0.224 e. The van der Waals surface area contributed by atoms with Gasteiger partial charge in [0, 0.05) is 26.4 Å². The van der Waals surface area contributed by atoms with E-state index in [1.165, 1.54) is 11.1 Å². The third-order valence-corrected chi connectivity index (χ3v) is 4.12. The number of hydrogen-bond acceptors (Lipinski definition) is 5. The molecule has 1 N–H and O–H groups in total. The summed E-state index contributed by atoms with van der Waals surface area (Å²) in [5, 5.41) is 3.19. The van der Waals surface area contributed by atoms with Gasteiger partial charge in [0.1, 0.15) is 5.82 Å². The molecule has 22 heavy (non-hydrogen) atoms. The molecule has 1 atom stereocenters. The minimum atomic E-state index is 0.326. The van der Waals surface area contributed by atoms with Crippen LogP contribution in [0.15, 0.2) is 36.5 Å². The minimum absolute atomic E-state index is 0.326. The lowest BCUT2D eigenvalue weighted by molar-refractivity contribution is 0.210. The smallest absolute Gasteiger partial charge is 0.224 e. The van der Waals surface area contributed by atoms with E-state index >= 15 is 0 Å². The van der Waals surface area contributed by atoms with E-state index in [2.05, 4.69) is 51.4 Å². The Morgan fingerprint density at radius 3 is 3.05 bits per heavy atom. The third-order valence-electron chi connectivity index (χ3n) is 4.12. The fourth-order valence-electron chi connectivity index (χ4n) is 2.94. The zero-order valence-corrected chi connectivity index (χ0v) is 13.1. The van der Waals surface area contributed by atoms with Crippen LogP contribution in [0.2, 0.25) is 0 Å². The largest absolute Gasteiger partial charge is 0.383 e. The summed E-state index contributed by atoms with van der Waals surface area (Å²) in [4.78, 5) is 11.2. The van der Waals surface area contributed by atoms with Gasteiger partial charge in [-0.05, 0) is 30.5 Å². The zero-order valence-electron chi connectivity index (χ0n) is 13.1. The van der Waals surface area contributed by atoms with Crippen molar-refractivity contribution in [2.75, 3.05) is 37.0 Å². The van der Waals surface area contributed by atoms with E-state index in [0.717, 1.165) is 18.8 Å². The molecule has 0 saturated carbocycles. The monoisotopic (exact) mass is 298 g/mol. The lowest BCUT2D eigenvalue weighted by atomic mass is 9.94. The molecule has 116 valence electrons. The second-order valence-corrected chi connectivity index (χ2v) is 5.48. The molecule has 3 rings (SSSR count). The van der Waals surface area contributed by atoms with Crippen molar-refractivity contribution in [2.24, 2.45) is 0 Å². The van der Waals surface area contributed by atoms with E-state index in [9.17, 15) is 0 Å². The second kappa shape index (κ2) is 6.75. The van der Waals surface area contributed by atoms with Gasteiger partial charge in [-0.15, -0.1) is 0 Å². The standard InChI is InChI=1S/C17H22N4O/c1-13-15-6-4-3-5-14(15)8-11-21(13)16-7-9-18-17(20-16)19-10-12-22-2/h3-7,9,13H,8,10-12H2,1-2H3,(H,18,19,20). The summed E-state index contributed by atoms with van der Waals surface area (Å²) in [7, 11) is 1.69. The van der Waals surface area contributed by atoms with Crippen LogP contribution in [-0.2, 0) is 11.2 Å². The minimum Gasteiger partial charge on any atom is -0.383 e. The summed E-state index contributed by atoms with van der Waals surface area (Å²) in [5.74, 6) is 1.62. The average Bonchev–Trinajstić information content (AvgIpc) is 2.56. The lowest BCUT2D eigenvalue weighted by Crippen LogP contribution is -2.34. The van der Waals surface area contributed by atoms with Crippen LogP contribution in [0.1, 0.15) is 24.1 Å². The van der Waals surface area contributed by atoms with E-state index in [-0.39, 0.29) is 0 Å². The fraction of sp³-hybridized carbons (Fsp3) is 0.412. The molecule has 0 radical (unpaired) electrons. The maximum atomic E-state index is 5.04. The first-order chi connectivity index (χ1) is 10.8. The number of benzene rings is 1. The van der Waals surface area contributed by atoms with Gasteiger partial charge < -0.3 is 15.0 Å². The van der Waals surface area contributed by atoms with Crippen LogP contribution in [0.4, 0.5) is 11.8 Å². The van der Waals surface area contributed by atoms with E-state index in [1.807, 2.05) is 12.3 Å². The van der Waals surface area contributed by atoms with Crippen molar-refractivity contribution in [3.8, 4) is 0 Å². The van der Waals surface area contributed by atoms with Gasteiger partial charge >= 0.3 is 0 Å². The highest BCUT2D eigenvalue weighted by Crippen LogP contribution is 2.32. The number of hydrogen-bond donors (Lipinski definition) is 1. The summed E-state index contributed by atoms with van der Waals surface area (Å²) < 4.78 is 5.04. The molecule has 0 spiro atoms. The molecule has 0 bridgehead atoms. The second-order valence-electron chi connectivity index (χ2n) is 5.48. The van der Waals surface area contributed by atoms with Gasteiger partial charge in [0.25, 0.3) is 0 Å². The molecule has 1 aromatic carbocycles. The highest BCUT2D eigenvalue weighted by Gasteiger charge is 2.24. The number of nitrogens with one attached hydrogen (secondary N) is 1. The van der Waals surface area contributed by atoms with Gasteiger partial charge in [-0.1, -0.05) is 24.3 Å². The molecule has 5 nitrogen and oxygen atoms in total. The predicted molar refractivity (Wildman–Crippen MR) is 88.3 cm³/mol. The number of rotatable bonds is 5. The molecule has 0 saturated heterocycles. The Morgan fingerprint density at radius 1 is 1.32 bits per heavy atom. The molecule has 1 aromatic heterocycles. The first-order valence-electron chi connectivity index (χ1n) is 7.70. The lowest BCUT2D eigenvalue weighted by Gasteiger charge is -2.36. The Labute approximate surface area is 131 Å². The maximum absolute atomic E-state index is 5.04. The van der Waals surface area contributed by atoms with Gasteiger partial charge in [-0.3, -0.25) is 0 Å². The van der Waals surface area contributed by atoms with Gasteiger partial charge in [-0.2, -0.15) is 4.98 Å². The van der Waals surface area contributed by atoms with Crippen LogP contribution in [0.3, 0.4) is 0 Å². The number of nitrogens with zero attached hydrogens (tertiary/aromatic N) is 3. The number of aromatic nitrogens is 2. The van der Waals surface area contributed by atoms with Gasteiger partial charge in [0.2, 0.25) is 5.95 Å².